The molecule has 0 heterocycles. The summed E-state index contributed by atoms with van der Waals surface area (Å²) >= 11 is 0. The summed E-state index contributed by atoms with van der Waals surface area (Å²) in [6.45, 7) is 9.06. The Bertz CT molecular complexity index is 408. The maximum atomic E-state index is 10.7. The molecule has 1 N–H and O–H groups in total. The summed E-state index contributed by atoms with van der Waals surface area (Å²) in [5.41, 5.74) is 1.90. The first-order chi connectivity index (χ1) is 8.40. The Balaban J connectivity index is 2.93. The fourth-order valence-corrected chi connectivity index (χ4v) is 1.72. The van der Waals surface area contributed by atoms with E-state index >= 15 is 0 Å². The largest absolute Gasteiger partial charge is 0.493 e. The SMILES string of the molecule is CC(C)COc1ccc(CC(=O)O)cc1C(C)C. The van der Waals surface area contributed by atoms with Gasteiger partial charge in [-0.05, 0) is 29.0 Å². The first-order valence-electron chi connectivity index (χ1n) is 6.37. The van der Waals surface area contributed by atoms with Crippen molar-refractivity contribution in [1.82, 2.24) is 0 Å². The number of rotatable bonds is 6. The topological polar surface area (TPSA) is 46.5 Å². The molecule has 1 rings (SSSR count). The second-order valence-corrected chi connectivity index (χ2v) is 5.30. The number of carbonyl (C=O) groups is 1. The maximum absolute atomic E-state index is 10.7. The van der Waals surface area contributed by atoms with Crippen molar-refractivity contribution in [2.45, 2.75) is 40.0 Å². The van der Waals surface area contributed by atoms with Crippen molar-refractivity contribution < 1.29 is 14.6 Å². The van der Waals surface area contributed by atoms with E-state index in [0.717, 1.165) is 16.9 Å². The van der Waals surface area contributed by atoms with Crippen LogP contribution in [0.5, 0.6) is 5.75 Å². The number of carboxylic acids is 1. The Morgan fingerprint density at radius 2 is 1.94 bits per heavy atom. The molecule has 0 fully saturated rings. The third kappa shape index (κ3) is 4.40. The van der Waals surface area contributed by atoms with E-state index in [-0.39, 0.29) is 6.42 Å². The molecule has 0 saturated carbocycles. The Labute approximate surface area is 109 Å². The van der Waals surface area contributed by atoms with Crippen LogP contribution in [0.4, 0.5) is 0 Å². The molecule has 0 aromatic heterocycles. The summed E-state index contributed by atoms with van der Waals surface area (Å²) in [7, 11) is 0. The van der Waals surface area contributed by atoms with E-state index in [2.05, 4.69) is 27.7 Å². The lowest BCUT2D eigenvalue weighted by Gasteiger charge is -2.16. The molecule has 0 aliphatic carbocycles. The minimum atomic E-state index is -0.805. The molecule has 0 atom stereocenters. The molecule has 0 aliphatic rings. The van der Waals surface area contributed by atoms with Crippen molar-refractivity contribution in [1.29, 1.82) is 0 Å². The predicted octanol–water partition coefficient (Wildman–Crippen LogP) is 3.47. The van der Waals surface area contributed by atoms with Gasteiger partial charge in [0.15, 0.2) is 0 Å². The van der Waals surface area contributed by atoms with Gasteiger partial charge in [0, 0.05) is 0 Å². The Kier molecular flexibility index (Phi) is 5.20. The van der Waals surface area contributed by atoms with E-state index in [4.69, 9.17) is 9.84 Å². The van der Waals surface area contributed by atoms with E-state index in [1.165, 1.54) is 0 Å². The molecule has 1 aromatic carbocycles. The molecule has 0 radical (unpaired) electrons. The van der Waals surface area contributed by atoms with Crippen LogP contribution >= 0.6 is 0 Å². The third-order valence-electron chi connectivity index (χ3n) is 2.62. The molecule has 3 heteroatoms. The summed E-state index contributed by atoms with van der Waals surface area (Å²) < 4.78 is 5.77. The Morgan fingerprint density at radius 3 is 2.44 bits per heavy atom. The normalized spacial score (nSPS) is 11.0. The predicted molar refractivity (Wildman–Crippen MR) is 72.2 cm³/mol. The molecule has 3 nitrogen and oxygen atoms in total. The van der Waals surface area contributed by atoms with E-state index in [0.29, 0.717) is 18.4 Å². The Hall–Kier alpha value is -1.51. The van der Waals surface area contributed by atoms with Gasteiger partial charge < -0.3 is 9.84 Å². The highest BCUT2D eigenvalue weighted by Gasteiger charge is 2.11. The summed E-state index contributed by atoms with van der Waals surface area (Å²) in [6.07, 6.45) is 0.0597. The number of hydrogen-bond donors (Lipinski definition) is 1. The smallest absolute Gasteiger partial charge is 0.307 e. The molecule has 0 saturated heterocycles. The van der Waals surface area contributed by atoms with Crippen LogP contribution in [0.1, 0.15) is 44.7 Å². The molecule has 0 unspecified atom stereocenters. The molecule has 0 aliphatic heterocycles. The highest BCUT2D eigenvalue weighted by Crippen LogP contribution is 2.28. The zero-order valence-electron chi connectivity index (χ0n) is 11.6. The molecular formula is C15H22O3. The number of ether oxygens (including phenoxy) is 1. The molecule has 1 aromatic rings. The highest BCUT2D eigenvalue weighted by atomic mass is 16.5. The highest BCUT2D eigenvalue weighted by molar-refractivity contribution is 5.70. The minimum absolute atomic E-state index is 0.0597. The lowest BCUT2D eigenvalue weighted by Crippen LogP contribution is -2.08. The lowest BCUT2D eigenvalue weighted by atomic mass is 9.98. The average Bonchev–Trinajstić information content (AvgIpc) is 2.26. The van der Waals surface area contributed by atoms with E-state index in [1.54, 1.807) is 0 Å². The van der Waals surface area contributed by atoms with Crippen LogP contribution in [0.2, 0.25) is 0 Å². The fraction of sp³-hybridized carbons (Fsp3) is 0.533. The van der Waals surface area contributed by atoms with E-state index < -0.39 is 5.97 Å². The van der Waals surface area contributed by atoms with Gasteiger partial charge in [0.05, 0.1) is 13.0 Å². The summed E-state index contributed by atoms with van der Waals surface area (Å²) in [5.74, 6) is 0.859. The van der Waals surface area contributed by atoms with Crippen LogP contribution in [-0.4, -0.2) is 17.7 Å². The standard InChI is InChI=1S/C15H22O3/c1-10(2)9-18-14-6-5-12(8-15(16)17)7-13(14)11(3)4/h5-7,10-11H,8-9H2,1-4H3,(H,16,17). The molecule has 0 bridgehead atoms. The van der Waals surface area contributed by atoms with Gasteiger partial charge in [0.2, 0.25) is 0 Å². The van der Waals surface area contributed by atoms with Crippen LogP contribution in [0.3, 0.4) is 0 Å². The summed E-state index contributed by atoms with van der Waals surface area (Å²) in [5, 5.41) is 8.81. The van der Waals surface area contributed by atoms with Gasteiger partial charge in [0.1, 0.15) is 5.75 Å². The van der Waals surface area contributed by atoms with Crippen molar-refractivity contribution >= 4 is 5.97 Å². The second-order valence-electron chi connectivity index (χ2n) is 5.30. The molecule has 0 spiro atoms. The van der Waals surface area contributed by atoms with Gasteiger partial charge in [-0.25, -0.2) is 0 Å². The van der Waals surface area contributed by atoms with Crippen LogP contribution in [0.25, 0.3) is 0 Å². The van der Waals surface area contributed by atoms with Gasteiger partial charge in [-0.3, -0.25) is 4.79 Å². The average molecular weight is 250 g/mol. The fourth-order valence-electron chi connectivity index (χ4n) is 1.72. The van der Waals surface area contributed by atoms with Crippen LogP contribution < -0.4 is 4.74 Å². The second kappa shape index (κ2) is 6.43. The van der Waals surface area contributed by atoms with E-state index in [9.17, 15) is 4.79 Å². The number of benzene rings is 1. The van der Waals surface area contributed by atoms with Gasteiger partial charge in [0.25, 0.3) is 0 Å². The number of aliphatic carboxylic acids is 1. The summed E-state index contributed by atoms with van der Waals surface area (Å²) in [6, 6.07) is 5.65. The molecule has 18 heavy (non-hydrogen) atoms. The minimum Gasteiger partial charge on any atom is -0.493 e. The Morgan fingerprint density at radius 1 is 1.28 bits per heavy atom. The van der Waals surface area contributed by atoms with Crippen LogP contribution in [0.15, 0.2) is 18.2 Å². The zero-order valence-corrected chi connectivity index (χ0v) is 11.6. The summed E-state index contributed by atoms with van der Waals surface area (Å²) in [4.78, 5) is 10.7. The van der Waals surface area contributed by atoms with Crippen LogP contribution in [0, 0.1) is 5.92 Å². The molecular weight excluding hydrogens is 228 g/mol. The van der Waals surface area contributed by atoms with E-state index in [1.807, 2.05) is 18.2 Å². The van der Waals surface area contributed by atoms with Crippen molar-refractivity contribution in [2.75, 3.05) is 6.61 Å². The van der Waals surface area contributed by atoms with Gasteiger partial charge >= 0.3 is 5.97 Å². The van der Waals surface area contributed by atoms with Gasteiger partial charge in [-0.2, -0.15) is 0 Å². The number of carboxylic acid groups (broad SMARTS) is 1. The quantitative estimate of drug-likeness (QED) is 0.840. The third-order valence-corrected chi connectivity index (χ3v) is 2.62. The molecule has 0 amide bonds. The maximum Gasteiger partial charge on any atom is 0.307 e. The zero-order chi connectivity index (χ0) is 13.7. The van der Waals surface area contributed by atoms with Crippen molar-refractivity contribution in [3.63, 3.8) is 0 Å². The monoisotopic (exact) mass is 250 g/mol. The van der Waals surface area contributed by atoms with Crippen molar-refractivity contribution in [2.24, 2.45) is 5.92 Å². The van der Waals surface area contributed by atoms with Crippen molar-refractivity contribution in [3.05, 3.63) is 29.3 Å². The van der Waals surface area contributed by atoms with Gasteiger partial charge in [-0.1, -0.05) is 39.8 Å². The first-order valence-corrected chi connectivity index (χ1v) is 6.37. The van der Waals surface area contributed by atoms with Crippen molar-refractivity contribution in [3.8, 4) is 5.75 Å². The number of hydrogen-bond acceptors (Lipinski definition) is 2. The van der Waals surface area contributed by atoms with Gasteiger partial charge in [-0.15, -0.1) is 0 Å². The molecule has 100 valence electrons. The lowest BCUT2D eigenvalue weighted by molar-refractivity contribution is -0.136. The van der Waals surface area contributed by atoms with Crippen LogP contribution in [-0.2, 0) is 11.2 Å². The first kappa shape index (κ1) is 14.6.